The molecule has 4 rings (SSSR count). The van der Waals surface area contributed by atoms with Crippen molar-refractivity contribution in [2.75, 3.05) is 25.0 Å². The summed E-state index contributed by atoms with van der Waals surface area (Å²) in [6.45, 7) is 2.18. The van der Waals surface area contributed by atoms with E-state index in [9.17, 15) is 4.79 Å². The van der Waals surface area contributed by atoms with Crippen LogP contribution < -0.4 is 5.32 Å². The van der Waals surface area contributed by atoms with Crippen molar-refractivity contribution < 1.29 is 9.53 Å². The number of likely N-dealkylation sites (tertiary alicyclic amines) is 1. The summed E-state index contributed by atoms with van der Waals surface area (Å²) < 4.78 is 7.84. The van der Waals surface area contributed by atoms with E-state index in [-0.39, 0.29) is 18.1 Å². The maximum absolute atomic E-state index is 12.6. The fraction of sp³-hybridized carbons (Fsp3) is 0.500. The van der Waals surface area contributed by atoms with Crippen LogP contribution >= 0.6 is 0 Å². The van der Waals surface area contributed by atoms with Gasteiger partial charge in [-0.1, -0.05) is 0 Å². The van der Waals surface area contributed by atoms with Crippen LogP contribution in [0, 0.1) is 17.2 Å². The van der Waals surface area contributed by atoms with Gasteiger partial charge in [-0.2, -0.15) is 5.26 Å². The molecule has 2 aromatic heterocycles. The van der Waals surface area contributed by atoms with Gasteiger partial charge in [0.25, 0.3) is 5.91 Å². The summed E-state index contributed by atoms with van der Waals surface area (Å²) >= 11 is 0. The number of nitrogens with one attached hydrogen (secondary N) is 1. The molecule has 0 bridgehead atoms. The number of nitrogens with zero attached hydrogens (tertiary/aromatic N) is 5. The minimum Gasteiger partial charge on any atom is -0.376 e. The van der Waals surface area contributed by atoms with E-state index in [1.54, 1.807) is 29.4 Å². The van der Waals surface area contributed by atoms with Gasteiger partial charge in [-0.3, -0.25) is 4.79 Å². The van der Waals surface area contributed by atoms with Gasteiger partial charge in [0.15, 0.2) is 0 Å². The average Bonchev–Trinajstić information content (AvgIpc) is 3.37. The summed E-state index contributed by atoms with van der Waals surface area (Å²) in [7, 11) is 1.86. The zero-order valence-corrected chi connectivity index (χ0v) is 15.9. The van der Waals surface area contributed by atoms with E-state index in [0.29, 0.717) is 17.2 Å². The Labute approximate surface area is 164 Å². The monoisotopic (exact) mass is 380 g/mol. The Morgan fingerprint density at radius 1 is 1.29 bits per heavy atom. The minimum absolute atomic E-state index is 0.00264. The maximum Gasteiger partial charge on any atom is 0.274 e. The van der Waals surface area contributed by atoms with Gasteiger partial charge in [-0.05, 0) is 37.3 Å². The molecule has 0 unspecified atom stereocenters. The van der Waals surface area contributed by atoms with Gasteiger partial charge in [0.1, 0.15) is 17.6 Å². The third-order valence-corrected chi connectivity index (χ3v) is 5.58. The molecule has 28 heavy (non-hydrogen) atoms. The third kappa shape index (κ3) is 3.85. The molecule has 146 valence electrons. The average molecular weight is 380 g/mol. The van der Waals surface area contributed by atoms with Crippen molar-refractivity contribution in [2.24, 2.45) is 13.0 Å². The van der Waals surface area contributed by atoms with Gasteiger partial charge < -0.3 is 19.5 Å². The first-order valence-electron chi connectivity index (χ1n) is 9.65. The number of amides is 1. The number of aromatic nitrogens is 3. The van der Waals surface area contributed by atoms with Crippen molar-refractivity contribution in [3.05, 3.63) is 42.1 Å². The fourth-order valence-corrected chi connectivity index (χ4v) is 4.08. The Balaban J connectivity index is 1.34. The minimum atomic E-state index is 0.00264. The van der Waals surface area contributed by atoms with Gasteiger partial charge in [0, 0.05) is 39.1 Å². The highest BCUT2D eigenvalue weighted by atomic mass is 16.5. The van der Waals surface area contributed by atoms with Crippen molar-refractivity contribution in [1.82, 2.24) is 19.4 Å². The summed E-state index contributed by atoms with van der Waals surface area (Å²) in [6.07, 6.45) is 7.88. The molecule has 0 aliphatic carbocycles. The van der Waals surface area contributed by atoms with Gasteiger partial charge in [0.2, 0.25) is 0 Å². The molecule has 2 aromatic rings. The van der Waals surface area contributed by atoms with Crippen molar-refractivity contribution in [2.45, 2.75) is 31.4 Å². The highest BCUT2D eigenvalue weighted by Crippen LogP contribution is 2.31. The first-order chi connectivity index (χ1) is 13.6. The topological polar surface area (TPSA) is 96.1 Å². The molecule has 0 radical (unpaired) electrons. The predicted molar refractivity (Wildman–Crippen MR) is 103 cm³/mol. The quantitative estimate of drug-likeness (QED) is 0.869. The Bertz CT molecular complexity index is 864. The SMILES string of the molecule is Cn1cnc(C(=O)N2CCC([C@@H]3OCC[C@H]3Nc3ccc(C#N)cn3)CC2)c1. The standard InChI is InChI=1S/C20H24N6O2/c1-25-12-17(23-13-25)20(27)26-7-4-15(5-8-26)19-16(6-9-28-19)24-18-3-2-14(10-21)11-22-18/h2-3,11-13,15-16,19H,4-9H2,1H3,(H,22,24)/t16-,19+/m1/s1. The molecule has 2 aliphatic rings. The van der Waals surface area contributed by atoms with Crippen LogP contribution in [-0.2, 0) is 11.8 Å². The van der Waals surface area contributed by atoms with E-state index in [4.69, 9.17) is 10.00 Å². The van der Waals surface area contributed by atoms with Crippen LogP contribution in [0.15, 0.2) is 30.9 Å². The third-order valence-electron chi connectivity index (χ3n) is 5.58. The Hall–Kier alpha value is -2.92. The number of hydrogen-bond donors (Lipinski definition) is 1. The summed E-state index contributed by atoms with van der Waals surface area (Å²) in [6, 6.07) is 5.88. The fourth-order valence-electron chi connectivity index (χ4n) is 4.08. The lowest BCUT2D eigenvalue weighted by atomic mass is 9.87. The Kier molecular flexibility index (Phi) is 5.26. The number of rotatable bonds is 4. The van der Waals surface area contributed by atoms with Crippen LogP contribution in [0.1, 0.15) is 35.3 Å². The second kappa shape index (κ2) is 7.98. The molecule has 0 aromatic carbocycles. The highest BCUT2D eigenvalue weighted by molar-refractivity contribution is 5.92. The van der Waals surface area contributed by atoms with Crippen LogP contribution in [-0.4, -0.2) is 57.2 Å². The van der Waals surface area contributed by atoms with Crippen molar-refractivity contribution in [1.29, 1.82) is 5.26 Å². The van der Waals surface area contributed by atoms with E-state index in [2.05, 4.69) is 21.4 Å². The molecule has 8 nitrogen and oxygen atoms in total. The number of hydrogen-bond acceptors (Lipinski definition) is 6. The zero-order valence-electron chi connectivity index (χ0n) is 15.9. The number of piperidine rings is 1. The number of anilines is 1. The normalized spacial score (nSPS) is 22.8. The smallest absolute Gasteiger partial charge is 0.274 e. The number of aryl methyl sites for hydroxylation is 1. The lowest BCUT2D eigenvalue weighted by Gasteiger charge is -2.36. The first-order valence-corrected chi connectivity index (χ1v) is 9.65. The highest BCUT2D eigenvalue weighted by Gasteiger charge is 2.37. The van der Waals surface area contributed by atoms with Crippen LogP contribution in [0.3, 0.4) is 0 Å². The van der Waals surface area contributed by atoms with Crippen LogP contribution in [0.5, 0.6) is 0 Å². The molecule has 8 heteroatoms. The second-order valence-corrected chi connectivity index (χ2v) is 7.47. The lowest BCUT2D eigenvalue weighted by Crippen LogP contribution is -2.44. The molecule has 4 heterocycles. The lowest BCUT2D eigenvalue weighted by molar-refractivity contribution is 0.0259. The van der Waals surface area contributed by atoms with E-state index in [1.165, 1.54) is 0 Å². The van der Waals surface area contributed by atoms with Crippen LogP contribution in [0.2, 0.25) is 0 Å². The molecule has 2 atom stereocenters. The number of pyridine rings is 1. The van der Waals surface area contributed by atoms with Crippen LogP contribution in [0.25, 0.3) is 0 Å². The zero-order chi connectivity index (χ0) is 19.5. The summed E-state index contributed by atoms with van der Waals surface area (Å²) in [5.41, 5.74) is 1.05. The molecule has 2 fully saturated rings. The van der Waals surface area contributed by atoms with Gasteiger partial charge in [-0.15, -0.1) is 0 Å². The summed E-state index contributed by atoms with van der Waals surface area (Å²) in [5.74, 6) is 1.18. The van der Waals surface area contributed by atoms with Crippen molar-refractivity contribution in [3.63, 3.8) is 0 Å². The van der Waals surface area contributed by atoms with E-state index in [1.807, 2.05) is 18.0 Å². The summed E-state index contributed by atoms with van der Waals surface area (Å²) in [5, 5.41) is 12.4. The van der Waals surface area contributed by atoms with Crippen LogP contribution in [0.4, 0.5) is 5.82 Å². The van der Waals surface area contributed by atoms with E-state index < -0.39 is 0 Å². The Morgan fingerprint density at radius 3 is 2.75 bits per heavy atom. The summed E-state index contributed by atoms with van der Waals surface area (Å²) in [4.78, 5) is 22.9. The molecule has 0 spiro atoms. The molecule has 2 saturated heterocycles. The van der Waals surface area contributed by atoms with Gasteiger partial charge in [0.05, 0.1) is 24.0 Å². The molecular weight excluding hydrogens is 356 g/mol. The maximum atomic E-state index is 12.6. The number of nitriles is 1. The van der Waals surface area contributed by atoms with Gasteiger partial charge in [-0.25, -0.2) is 9.97 Å². The molecule has 2 aliphatic heterocycles. The molecular formula is C20H24N6O2. The molecule has 1 N–H and O–H groups in total. The second-order valence-electron chi connectivity index (χ2n) is 7.47. The Morgan fingerprint density at radius 2 is 2.11 bits per heavy atom. The van der Waals surface area contributed by atoms with E-state index in [0.717, 1.165) is 44.8 Å². The van der Waals surface area contributed by atoms with Crippen molar-refractivity contribution in [3.8, 4) is 6.07 Å². The number of carbonyl (C=O) groups is 1. The molecule has 0 saturated carbocycles. The van der Waals surface area contributed by atoms with Gasteiger partial charge >= 0.3 is 0 Å². The molecule has 1 amide bonds. The first kappa shape index (κ1) is 18.4. The number of ether oxygens (including phenoxy) is 1. The van der Waals surface area contributed by atoms with Crippen molar-refractivity contribution >= 4 is 11.7 Å². The number of imidazole rings is 1. The van der Waals surface area contributed by atoms with E-state index >= 15 is 0 Å². The largest absolute Gasteiger partial charge is 0.376 e. The number of carbonyl (C=O) groups excluding carboxylic acids is 1. The predicted octanol–water partition coefficient (Wildman–Crippen LogP) is 1.81.